The van der Waals surface area contributed by atoms with Gasteiger partial charge in [-0.15, -0.1) is 9.90 Å². The molecule has 0 aliphatic carbocycles. The van der Waals surface area contributed by atoms with Crippen LogP contribution in [-0.4, -0.2) is 39.1 Å². The van der Waals surface area contributed by atoms with Gasteiger partial charge in [0.05, 0.1) is 5.56 Å². The Hall–Kier alpha value is -3.42. The molecule has 8 heteroatoms. The average Bonchev–Trinajstić information content (AvgIpc) is 3.30. The number of nitrogens with zero attached hydrogens (tertiary/aromatic N) is 5. The zero-order valence-electron chi connectivity index (χ0n) is 18.2. The van der Waals surface area contributed by atoms with Crippen molar-refractivity contribution < 1.29 is 13.6 Å². The highest BCUT2D eigenvalue weighted by Gasteiger charge is 2.23. The zero-order valence-corrected chi connectivity index (χ0v) is 18.2. The van der Waals surface area contributed by atoms with Gasteiger partial charge in [-0.25, -0.2) is 8.78 Å². The standard InChI is InChI=1S/C24H25F2N5O/c1-3-18-11-12-30(24-27-29-31(15-25)28-24)14-21(18)19-9-7-17(8-10-19)13-22(32)20-6-4-5-16(2)23(20)26/h4-10H,3,11-15H2,1-2H3. The second-order valence-electron chi connectivity index (χ2n) is 7.92. The van der Waals surface area contributed by atoms with Gasteiger partial charge in [0.1, 0.15) is 5.82 Å². The molecular weight excluding hydrogens is 412 g/mol. The Bertz CT molecular complexity index is 1150. The number of alkyl halides is 1. The third kappa shape index (κ3) is 4.44. The molecule has 1 aliphatic heterocycles. The van der Waals surface area contributed by atoms with Gasteiger partial charge >= 0.3 is 0 Å². The average molecular weight is 437 g/mol. The summed E-state index contributed by atoms with van der Waals surface area (Å²) >= 11 is 0. The van der Waals surface area contributed by atoms with Gasteiger partial charge in [-0.2, -0.15) is 0 Å². The molecule has 2 aromatic carbocycles. The molecule has 0 amide bonds. The summed E-state index contributed by atoms with van der Waals surface area (Å²) in [7, 11) is 0. The molecule has 0 unspecified atom stereocenters. The van der Waals surface area contributed by atoms with Crippen LogP contribution in [0.5, 0.6) is 0 Å². The molecule has 32 heavy (non-hydrogen) atoms. The molecule has 2 heterocycles. The number of Topliss-reactive ketones (excluding diaryl/α,β-unsaturated/α-hetero) is 1. The van der Waals surface area contributed by atoms with E-state index >= 15 is 0 Å². The van der Waals surface area contributed by atoms with E-state index in [2.05, 4.69) is 22.3 Å². The third-order valence-corrected chi connectivity index (χ3v) is 5.88. The highest BCUT2D eigenvalue weighted by atomic mass is 19.1. The van der Waals surface area contributed by atoms with Gasteiger partial charge in [-0.05, 0) is 53.3 Å². The number of aromatic nitrogens is 4. The molecule has 3 aromatic rings. The first-order valence-corrected chi connectivity index (χ1v) is 10.7. The molecule has 166 valence electrons. The first kappa shape index (κ1) is 21.8. The van der Waals surface area contributed by atoms with Crippen LogP contribution in [0.2, 0.25) is 0 Å². The van der Waals surface area contributed by atoms with Crippen LogP contribution in [0.1, 0.15) is 46.8 Å². The number of ketones is 1. The van der Waals surface area contributed by atoms with Crippen LogP contribution in [0.25, 0.3) is 5.57 Å². The topological polar surface area (TPSA) is 63.9 Å². The molecule has 4 rings (SSSR count). The fraction of sp³-hybridized carbons (Fsp3) is 0.333. The van der Waals surface area contributed by atoms with Crippen LogP contribution in [0.15, 0.2) is 48.0 Å². The van der Waals surface area contributed by atoms with E-state index in [0.717, 1.165) is 35.3 Å². The first-order chi connectivity index (χ1) is 15.5. The summed E-state index contributed by atoms with van der Waals surface area (Å²) in [5, 5.41) is 11.7. The predicted molar refractivity (Wildman–Crippen MR) is 119 cm³/mol. The minimum Gasteiger partial charge on any atom is -0.334 e. The van der Waals surface area contributed by atoms with Crippen LogP contribution in [0.3, 0.4) is 0 Å². The molecule has 0 N–H and O–H groups in total. The predicted octanol–water partition coefficient (Wildman–Crippen LogP) is 4.55. The molecular formula is C24H25F2N5O. The number of halogens is 2. The van der Waals surface area contributed by atoms with E-state index in [0.29, 0.717) is 18.1 Å². The highest BCUT2D eigenvalue weighted by molar-refractivity contribution is 5.98. The number of hydrogen-bond donors (Lipinski definition) is 0. The van der Waals surface area contributed by atoms with Crippen molar-refractivity contribution >= 4 is 17.3 Å². The van der Waals surface area contributed by atoms with Crippen molar-refractivity contribution in [2.24, 2.45) is 0 Å². The van der Waals surface area contributed by atoms with E-state index in [1.54, 1.807) is 19.1 Å². The fourth-order valence-corrected chi connectivity index (χ4v) is 4.04. The van der Waals surface area contributed by atoms with Crippen molar-refractivity contribution in [1.82, 2.24) is 20.2 Å². The first-order valence-electron chi connectivity index (χ1n) is 10.7. The molecule has 0 saturated carbocycles. The Labute approximate surface area is 185 Å². The van der Waals surface area contributed by atoms with Crippen LogP contribution in [-0.2, 0) is 13.2 Å². The summed E-state index contributed by atoms with van der Waals surface area (Å²) in [5.74, 6) is -0.275. The lowest BCUT2D eigenvalue weighted by atomic mass is 9.91. The van der Waals surface area contributed by atoms with Crippen molar-refractivity contribution in [3.8, 4) is 0 Å². The maximum Gasteiger partial charge on any atom is 0.266 e. The number of carbonyl (C=O) groups excluding carboxylic acids is 1. The second kappa shape index (κ2) is 9.38. The lowest BCUT2D eigenvalue weighted by Crippen LogP contribution is -2.32. The number of rotatable bonds is 7. The summed E-state index contributed by atoms with van der Waals surface area (Å²) in [6.07, 6.45) is 1.94. The largest absolute Gasteiger partial charge is 0.334 e. The smallest absolute Gasteiger partial charge is 0.266 e. The van der Waals surface area contributed by atoms with E-state index < -0.39 is 12.6 Å². The number of anilines is 1. The van der Waals surface area contributed by atoms with Gasteiger partial charge in [-0.1, -0.05) is 54.0 Å². The molecule has 0 bridgehead atoms. The molecule has 1 aliphatic rings. The number of tetrazole rings is 1. The molecule has 0 fully saturated rings. The molecule has 0 radical (unpaired) electrons. The van der Waals surface area contributed by atoms with Gasteiger partial charge < -0.3 is 4.90 Å². The zero-order chi connectivity index (χ0) is 22.7. The summed E-state index contributed by atoms with van der Waals surface area (Å²) in [5.41, 5.74) is 5.01. The van der Waals surface area contributed by atoms with Crippen molar-refractivity contribution in [3.05, 3.63) is 76.1 Å². The van der Waals surface area contributed by atoms with Crippen molar-refractivity contribution in [1.29, 1.82) is 0 Å². The normalized spacial score (nSPS) is 14.2. The SMILES string of the molecule is CCC1=C(c2ccc(CC(=O)c3cccc(C)c3F)cc2)CN(c2nnn(CF)n2)CC1. The number of hydrogen-bond acceptors (Lipinski definition) is 5. The molecule has 0 spiro atoms. The Morgan fingerprint density at radius 3 is 2.62 bits per heavy atom. The van der Waals surface area contributed by atoms with Crippen molar-refractivity contribution in [3.63, 3.8) is 0 Å². The van der Waals surface area contributed by atoms with Crippen LogP contribution in [0.4, 0.5) is 14.7 Å². The summed E-state index contributed by atoms with van der Waals surface area (Å²) in [6.45, 7) is 4.33. The third-order valence-electron chi connectivity index (χ3n) is 5.88. The Morgan fingerprint density at radius 2 is 1.94 bits per heavy atom. The van der Waals surface area contributed by atoms with Crippen LogP contribution in [0, 0.1) is 12.7 Å². The number of benzene rings is 2. The number of carbonyl (C=O) groups is 1. The Balaban J connectivity index is 1.52. The minimum absolute atomic E-state index is 0.127. The quantitative estimate of drug-likeness (QED) is 0.508. The highest BCUT2D eigenvalue weighted by Crippen LogP contribution is 2.30. The van der Waals surface area contributed by atoms with Crippen molar-refractivity contribution in [2.75, 3.05) is 18.0 Å². The molecule has 1 aromatic heterocycles. The Morgan fingerprint density at radius 1 is 1.16 bits per heavy atom. The van der Waals surface area contributed by atoms with Gasteiger partial charge in [0.2, 0.25) is 6.80 Å². The summed E-state index contributed by atoms with van der Waals surface area (Å²) in [6, 6.07) is 12.7. The molecule has 0 atom stereocenters. The van der Waals surface area contributed by atoms with Gasteiger partial charge in [0.15, 0.2) is 5.78 Å². The molecule has 0 saturated heterocycles. The lowest BCUT2D eigenvalue weighted by Gasteiger charge is -2.30. The Kier molecular flexibility index (Phi) is 6.39. The van der Waals surface area contributed by atoms with Crippen LogP contribution < -0.4 is 4.90 Å². The van der Waals surface area contributed by atoms with E-state index in [1.807, 2.05) is 29.2 Å². The van der Waals surface area contributed by atoms with E-state index in [9.17, 15) is 13.6 Å². The van der Waals surface area contributed by atoms with E-state index in [1.165, 1.54) is 17.2 Å². The summed E-state index contributed by atoms with van der Waals surface area (Å²) < 4.78 is 27.0. The van der Waals surface area contributed by atoms with Gasteiger partial charge in [-0.3, -0.25) is 4.79 Å². The molecule has 6 nitrogen and oxygen atoms in total. The maximum atomic E-state index is 14.3. The number of aryl methyl sites for hydroxylation is 1. The fourth-order valence-electron chi connectivity index (χ4n) is 4.04. The maximum absolute atomic E-state index is 14.3. The van der Waals surface area contributed by atoms with E-state index in [4.69, 9.17) is 0 Å². The van der Waals surface area contributed by atoms with Crippen LogP contribution >= 0.6 is 0 Å². The summed E-state index contributed by atoms with van der Waals surface area (Å²) in [4.78, 5) is 15.5. The van der Waals surface area contributed by atoms with Crippen molar-refractivity contribution in [2.45, 2.75) is 39.9 Å². The van der Waals surface area contributed by atoms with Gasteiger partial charge in [0.25, 0.3) is 5.95 Å². The lowest BCUT2D eigenvalue weighted by molar-refractivity contribution is 0.0989. The second-order valence-corrected chi connectivity index (χ2v) is 7.92. The minimum atomic E-state index is -0.809. The van der Waals surface area contributed by atoms with Gasteiger partial charge in [0, 0.05) is 19.5 Å². The monoisotopic (exact) mass is 437 g/mol. The van der Waals surface area contributed by atoms with E-state index in [-0.39, 0.29) is 17.8 Å².